The molecule has 2 rings (SSSR count). The molecule has 2 atom stereocenters. The largest absolute Gasteiger partial charge is 0.309 e. The minimum atomic E-state index is -3.26. The van der Waals surface area contributed by atoms with Crippen LogP contribution in [-0.2, 0) is 9.84 Å². The highest BCUT2D eigenvalue weighted by Gasteiger charge is 2.37. The van der Waals surface area contributed by atoms with E-state index in [9.17, 15) is 17.2 Å². The van der Waals surface area contributed by atoms with E-state index in [1.807, 2.05) is 6.92 Å². The summed E-state index contributed by atoms with van der Waals surface area (Å²) in [5, 5.41) is 2.42. The van der Waals surface area contributed by atoms with Crippen LogP contribution in [0.5, 0.6) is 0 Å². The van der Waals surface area contributed by atoms with Crippen LogP contribution >= 0.6 is 0 Å². The normalized spacial score (nSPS) is 23.0. The summed E-state index contributed by atoms with van der Waals surface area (Å²) in [6, 6.07) is 1.63. The van der Waals surface area contributed by atoms with Gasteiger partial charge in [-0.1, -0.05) is 13.3 Å². The number of benzene rings is 1. The van der Waals surface area contributed by atoms with E-state index in [0.29, 0.717) is 24.9 Å². The lowest BCUT2D eigenvalue weighted by atomic mass is 9.97. The molecule has 1 heterocycles. The van der Waals surface area contributed by atoms with Crippen LogP contribution in [-0.4, -0.2) is 26.0 Å². The van der Waals surface area contributed by atoms with Crippen LogP contribution < -0.4 is 5.32 Å². The van der Waals surface area contributed by atoms with Crippen LogP contribution in [0.15, 0.2) is 12.1 Å². The Morgan fingerprint density at radius 1 is 1.29 bits per heavy atom. The zero-order chi connectivity index (χ0) is 15.6. The van der Waals surface area contributed by atoms with Gasteiger partial charge in [-0.25, -0.2) is 17.2 Å². The monoisotopic (exact) mass is 317 g/mol. The molecule has 1 aliphatic heterocycles. The van der Waals surface area contributed by atoms with Crippen LogP contribution in [0.4, 0.5) is 8.78 Å². The molecule has 0 aliphatic carbocycles. The molecule has 1 N–H and O–H groups in total. The minimum Gasteiger partial charge on any atom is -0.309 e. The van der Waals surface area contributed by atoms with Crippen molar-refractivity contribution in [2.45, 2.75) is 44.4 Å². The molecule has 0 amide bonds. The first-order valence-electron chi connectivity index (χ1n) is 7.27. The van der Waals surface area contributed by atoms with E-state index >= 15 is 0 Å². The Balaban J connectivity index is 2.46. The van der Waals surface area contributed by atoms with Crippen molar-refractivity contribution in [2.24, 2.45) is 0 Å². The van der Waals surface area contributed by atoms with E-state index in [-0.39, 0.29) is 11.3 Å². The van der Waals surface area contributed by atoms with Gasteiger partial charge >= 0.3 is 0 Å². The maximum atomic E-state index is 14.1. The van der Waals surface area contributed by atoms with Gasteiger partial charge in [-0.05, 0) is 37.9 Å². The van der Waals surface area contributed by atoms with Gasteiger partial charge in [0.15, 0.2) is 9.84 Å². The fourth-order valence-electron chi connectivity index (χ4n) is 2.93. The Labute approximate surface area is 124 Å². The van der Waals surface area contributed by atoms with Gasteiger partial charge in [-0.2, -0.15) is 0 Å². The van der Waals surface area contributed by atoms with Crippen molar-refractivity contribution in [1.82, 2.24) is 5.32 Å². The van der Waals surface area contributed by atoms with Crippen molar-refractivity contribution < 1.29 is 17.2 Å². The summed E-state index contributed by atoms with van der Waals surface area (Å²) in [6.45, 7) is 3.92. The SMILES string of the molecule is CCNC(c1cc(C)c(F)cc1F)C1CCCCS1(=O)=O. The summed E-state index contributed by atoms with van der Waals surface area (Å²) in [4.78, 5) is 0. The summed E-state index contributed by atoms with van der Waals surface area (Å²) >= 11 is 0. The maximum Gasteiger partial charge on any atom is 0.155 e. The average Bonchev–Trinajstić information content (AvgIpc) is 2.41. The lowest BCUT2D eigenvalue weighted by Gasteiger charge is -2.31. The van der Waals surface area contributed by atoms with Crippen molar-refractivity contribution in [3.63, 3.8) is 0 Å². The van der Waals surface area contributed by atoms with Crippen LogP contribution in [0, 0.1) is 18.6 Å². The number of nitrogens with one attached hydrogen (secondary N) is 1. The van der Waals surface area contributed by atoms with E-state index in [2.05, 4.69) is 5.32 Å². The molecule has 0 radical (unpaired) electrons. The molecule has 1 aromatic carbocycles. The standard InChI is InChI=1S/C15H21F2NO2S/c1-3-18-15(14-6-4-5-7-21(14,19)20)11-8-10(2)12(16)9-13(11)17/h8-9,14-15,18H,3-7H2,1-2H3. The molecule has 0 spiro atoms. The molecule has 21 heavy (non-hydrogen) atoms. The van der Waals surface area contributed by atoms with Gasteiger partial charge in [0, 0.05) is 11.6 Å². The van der Waals surface area contributed by atoms with Crippen molar-refractivity contribution in [3.05, 3.63) is 34.9 Å². The van der Waals surface area contributed by atoms with Gasteiger partial charge in [0.05, 0.1) is 17.0 Å². The molecule has 0 aromatic heterocycles. The quantitative estimate of drug-likeness (QED) is 0.929. The molecule has 2 unspecified atom stereocenters. The van der Waals surface area contributed by atoms with Crippen LogP contribution in [0.25, 0.3) is 0 Å². The second kappa shape index (κ2) is 6.40. The molecule has 1 aliphatic rings. The van der Waals surface area contributed by atoms with E-state index in [4.69, 9.17) is 0 Å². The zero-order valence-electron chi connectivity index (χ0n) is 12.3. The highest BCUT2D eigenvalue weighted by Crippen LogP contribution is 2.32. The van der Waals surface area contributed by atoms with Gasteiger partial charge in [0.25, 0.3) is 0 Å². The van der Waals surface area contributed by atoms with E-state index in [1.165, 1.54) is 6.07 Å². The van der Waals surface area contributed by atoms with E-state index in [1.54, 1.807) is 6.92 Å². The van der Waals surface area contributed by atoms with Gasteiger partial charge in [0.2, 0.25) is 0 Å². The van der Waals surface area contributed by atoms with E-state index < -0.39 is 32.8 Å². The Bertz CT molecular complexity index is 616. The Hall–Kier alpha value is -1.01. The molecule has 1 saturated heterocycles. The van der Waals surface area contributed by atoms with Crippen LogP contribution in [0.3, 0.4) is 0 Å². The third kappa shape index (κ3) is 3.43. The summed E-state index contributed by atoms with van der Waals surface area (Å²) in [5.41, 5.74) is 0.564. The van der Waals surface area contributed by atoms with Crippen molar-refractivity contribution >= 4 is 9.84 Å². The van der Waals surface area contributed by atoms with Gasteiger partial charge in [-0.15, -0.1) is 0 Å². The molecule has 0 saturated carbocycles. The molecule has 1 aromatic rings. The number of sulfone groups is 1. The zero-order valence-corrected chi connectivity index (χ0v) is 13.1. The highest BCUT2D eigenvalue weighted by molar-refractivity contribution is 7.92. The number of hydrogen-bond acceptors (Lipinski definition) is 3. The Kier molecular flexibility index (Phi) is 4.99. The van der Waals surface area contributed by atoms with Crippen molar-refractivity contribution in [3.8, 4) is 0 Å². The van der Waals surface area contributed by atoms with Gasteiger partial charge in [0.1, 0.15) is 11.6 Å². The van der Waals surface area contributed by atoms with Gasteiger partial charge in [-0.3, -0.25) is 0 Å². The van der Waals surface area contributed by atoms with Crippen molar-refractivity contribution in [1.29, 1.82) is 0 Å². The predicted octanol–water partition coefficient (Wildman–Crippen LogP) is 2.89. The minimum absolute atomic E-state index is 0.140. The highest BCUT2D eigenvalue weighted by atomic mass is 32.2. The molecule has 118 valence electrons. The molecule has 6 heteroatoms. The van der Waals surface area contributed by atoms with Crippen LogP contribution in [0.2, 0.25) is 0 Å². The molecular weight excluding hydrogens is 296 g/mol. The number of hydrogen-bond donors (Lipinski definition) is 1. The van der Waals surface area contributed by atoms with Crippen molar-refractivity contribution in [2.75, 3.05) is 12.3 Å². The lowest BCUT2D eigenvalue weighted by molar-refractivity contribution is 0.438. The molecule has 3 nitrogen and oxygen atoms in total. The smallest absolute Gasteiger partial charge is 0.155 e. The molecular formula is C15H21F2NO2S. The summed E-state index contributed by atoms with van der Waals surface area (Å²) < 4.78 is 52.2. The second-order valence-corrected chi connectivity index (χ2v) is 7.90. The Morgan fingerprint density at radius 3 is 2.62 bits per heavy atom. The summed E-state index contributed by atoms with van der Waals surface area (Å²) in [7, 11) is -3.26. The number of rotatable bonds is 4. The summed E-state index contributed by atoms with van der Waals surface area (Å²) in [5.74, 6) is -1.16. The number of aryl methyl sites for hydroxylation is 1. The average molecular weight is 317 g/mol. The topological polar surface area (TPSA) is 46.2 Å². The third-order valence-electron chi connectivity index (χ3n) is 4.04. The maximum absolute atomic E-state index is 14.1. The lowest BCUT2D eigenvalue weighted by Crippen LogP contribution is -2.41. The van der Waals surface area contributed by atoms with Gasteiger partial charge < -0.3 is 5.32 Å². The molecule has 0 bridgehead atoms. The first-order chi connectivity index (χ1) is 9.86. The van der Waals surface area contributed by atoms with E-state index in [0.717, 1.165) is 12.5 Å². The second-order valence-electron chi connectivity index (χ2n) is 5.56. The Morgan fingerprint density at radius 2 is 2.00 bits per heavy atom. The fraction of sp³-hybridized carbons (Fsp3) is 0.600. The predicted molar refractivity (Wildman–Crippen MR) is 78.9 cm³/mol. The first-order valence-corrected chi connectivity index (χ1v) is 8.99. The third-order valence-corrected chi connectivity index (χ3v) is 6.33. The first kappa shape index (κ1) is 16.4. The fourth-order valence-corrected chi connectivity index (χ4v) is 5.03. The van der Waals surface area contributed by atoms with Crippen LogP contribution in [0.1, 0.15) is 43.4 Å². The molecule has 1 fully saturated rings. The number of halogens is 2. The summed E-state index contributed by atoms with van der Waals surface area (Å²) in [6.07, 6.45) is 1.98.